The first-order valence-electron chi connectivity index (χ1n) is 10.7. The maximum atomic E-state index is 6.25. The lowest BCUT2D eigenvalue weighted by Gasteiger charge is -2.18. The summed E-state index contributed by atoms with van der Waals surface area (Å²) in [6.07, 6.45) is 3.19. The van der Waals surface area contributed by atoms with Crippen LogP contribution < -0.4 is 9.47 Å². The third-order valence-electron chi connectivity index (χ3n) is 5.69. The molecular weight excluding hydrogens is 384 g/mol. The Morgan fingerprint density at radius 2 is 1.58 bits per heavy atom. The van der Waals surface area contributed by atoms with Crippen LogP contribution in [0.1, 0.15) is 16.7 Å². The average molecular weight is 415 g/mol. The third kappa shape index (κ3) is 4.92. The molecule has 0 bridgehead atoms. The number of aromatic nitrogens is 1. The van der Waals surface area contributed by atoms with Gasteiger partial charge in [-0.05, 0) is 42.8 Å². The Morgan fingerprint density at radius 1 is 0.839 bits per heavy atom. The molecule has 4 nitrogen and oxygen atoms in total. The Kier molecular flexibility index (Phi) is 6.58. The van der Waals surface area contributed by atoms with Crippen molar-refractivity contribution in [2.24, 2.45) is 7.05 Å². The molecular formula is C27H30N2O2. The predicted molar refractivity (Wildman–Crippen MR) is 127 cm³/mol. The quantitative estimate of drug-likeness (QED) is 0.365. The topological polar surface area (TPSA) is 26.6 Å². The Morgan fingerprint density at radius 3 is 2.39 bits per heavy atom. The molecule has 31 heavy (non-hydrogen) atoms. The number of methoxy groups -OCH3 is 1. The number of fused-ring (bicyclic) bond motifs is 1. The van der Waals surface area contributed by atoms with Crippen LogP contribution in [0, 0.1) is 0 Å². The monoisotopic (exact) mass is 414 g/mol. The van der Waals surface area contributed by atoms with Gasteiger partial charge in [0.15, 0.2) is 0 Å². The SMILES string of the molecule is COc1ccccc1CN(C)CCc1cn(C)c2cccc(OCc3ccccc3)c12. The van der Waals surface area contributed by atoms with E-state index in [1.54, 1.807) is 7.11 Å². The van der Waals surface area contributed by atoms with Crippen LogP contribution in [0.4, 0.5) is 0 Å². The van der Waals surface area contributed by atoms with E-state index >= 15 is 0 Å². The van der Waals surface area contributed by atoms with Gasteiger partial charge >= 0.3 is 0 Å². The van der Waals surface area contributed by atoms with E-state index in [-0.39, 0.29) is 0 Å². The van der Waals surface area contributed by atoms with Crippen molar-refractivity contribution in [2.45, 2.75) is 19.6 Å². The summed E-state index contributed by atoms with van der Waals surface area (Å²) in [4.78, 5) is 2.34. The van der Waals surface area contributed by atoms with Gasteiger partial charge in [0, 0.05) is 37.3 Å². The molecule has 0 N–H and O–H groups in total. The second-order valence-corrected chi connectivity index (χ2v) is 7.99. The van der Waals surface area contributed by atoms with Gasteiger partial charge in [0.1, 0.15) is 18.1 Å². The summed E-state index contributed by atoms with van der Waals surface area (Å²) in [6.45, 7) is 2.37. The number of hydrogen-bond donors (Lipinski definition) is 0. The molecule has 0 aliphatic heterocycles. The van der Waals surface area contributed by atoms with Crippen molar-refractivity contribution in [2.75, 3.05) is 20.7 Å². The van der Waals surface area contributed by atoms with Crippen LogP contribution in [-0.2, 0) is 26.6 Å². The number of benzene rings is 3. The van der Waals surface area contributed by atoms with E-state index in [4.69, 9.17) is 9.47 Å². The first-order valence-corrected chi connectivity index (χ1v) is 10.7. The van der Waals surface area contributed by atoms with E-state index in [2.05, 4.69) is 72.2 Å². The minimum Gasteiger partial charge on any atom is -0.496 e. The maximum absolute atomic E-state index is 6.25. The number of hydrogen-bond acceptors (Lipinski definition) is 3. The second kappa shape index (κ2) is 9.71. The Hall–Kier alpha value is -3.24. The van der Waals surface area contributed by atoms with Crippen molar-refractivity contribution in [1.82, 2.24) is 9.47 Å². The van der Waals surface area contributed by atoms with Crippen molar-refractivity contribution in [3.8, 4) is 11.5 Å². The van der Waals surface area contributed by atoms with Crippen molar-refractivity contribution in [3.05, 3.63) is 95.7 Å². The van der Waals surface area contributed by atoms with Crippen LogP contribution in [0.25, 0.3) is 10.9 Å². The molecule has 1 heterocycles. The Labute approximate surface area is 184 Å². The standard InChI is InChI=1S/C27H30N2O2/c1-28(18-22-12-7-8-14-25(22)30-3)17-16-23-19-29(2)24-13-9-15-26(27(23)24)31-20-21-10-5-4-6-11-21/h4-15,19H,16-18,20H2,1-3H3. The fourth-order valence-electron chi connectivity index (χ4n) is 4.06. The van der Waals surface area contributed by atoms with Gasteiger partial charge in [0.25, 0.3) is 0 Å². The molecule has 0 amide bonds. The van der Waals surface area contributed by atoms with Crippen molar-refractivity contribution in [3.63, 3.8) is 0 Å². The normalized spacial score (nSPS) is 11.2. The van der Waals surface area contributed by atoms with Crippen LogP contribution in [-0.4, -0.2) is 30.2 Å². The minimum absolute atomic E-state index is 0.571. The summed E-state index contributed by atoms with van der Waals surface area (Å²) in [5.41, 5.74) is 4.90. The highest BCUT2D eigenvalue weighted by Gasteiger charge is 2.13. The van der Waals surface area contributed by atoms with Crippen LogP contribution in [0.5, 0.6) is 11.5 Å². The zero-order valence-corrected chi connectivity index (χ0v) is 18.5. The Balaban J connectivity index is 1.49. The highest BCUT2D eigenvalue weighted by atomic mass is 16.5. The van der Waals surface area contributed by atoms with Crippen LogP contribution in [0.3, 0.4) is 0 Å². The first-order chi connectivity index (χ1) is 15.2. The first kappa shape index (κ1) is 21.0. The molecule has 0 unspecified atom stereocenters. The molecule has 0 atom stereocenters. The van der Waals surface area contributed by atoms with Crippen molar-refractivity contribution < 1.29 is 9.47 Å². The molecule has 4 rings (SSSR count). The fourth-order valence-corrected chi connectivity index (χ4v) is 4.06. The van der Waals surface area contributed by atoms with E-state index in [9.17, 15) is 0 Å². The van der Waals surface area contributed by atoms with Crippen molar-refractivity contribution >= 4 is 10.9 Å². The Bertz CT molecular complexity index is 1130. The van der Waals surface area contributed by atoms with Gasteiger partial charge in [-0.1, -0.05) is 54.6 Å². The molecule has 0 radical (unpaired) electrons. The van der Waals surface area contributed by atoms with Gasteiger partial charge in [-0.3, -0.25) is 0 Å². The number of ether oxygens (including phenoxy) is 2. The van der Waals surface area contributed by atoms with E-state index in [1.165, 1.54) is 27.6 Å². The van der Waals surface area contributed by atoms with E-state index in [0.717, 1.165) is 31.0 Å². The highest BCUT2D eigenvalue weighted by Crippen LogP contribution is 2.31. The number of aryl methyl sites for hydroxylation is 1. The molecule has 0 saturated carbocycles. The van der Waals surface area contributed by atoms with E-state index < -0.39 is 0 Å². The molecule has 4 aromatic rings. The highest BCUT2D eigenvalue weighted by molar-refractivity contribution is 5.90. The lowest BCUT2D eigenvalue weighted by molar-refractivity contribution is 0.309. The lowest BCUT2D eigenvalue weighted by Crippen LogP contribution is -2.21. The number of para-hydroxylation sites is 1. The fraction of sp³-hybridized carbons (Fsp3) is 0.259. The summed E-state index contributed by atoms with van der Waals surface area (Å²) in [7, 11) is 5.99. The molecule has 0 saturated heterocycles. The molecule has 4 heteroatoms. The van der Waals surface area contributed by atoms with E-state index in [1.807, 2.05) is 30.3 Å². The second-order valence-electron chi connectivity index (χ2n) is 7.99. The predicted octanol–water partition coefficient (Wildman–Crippen LogP) is 5.44. The summed E-state index contributed by atoms with van der Waals surface area (Å²) < 4.78 is 13.9. The van der Waals surface area contributed by atoms with Gasteiger partial charge in [-0.25, -0.2) is 0 Å². The van der Waals surface area contributed by atoms with Crippen LogP contribution in [0.2, 0.25) is 0 Å². The maximum Gasteiger partial charge on any atom is 0.129 e. The molecule has 3 aromatic carbocycles. The molecule has 0 fully saturated rings. The van der Waals surface area contributed by atoms with Crippen LogP contribution >= 0.6 is 0 Å². The molecule has 0 aliphatic carbocycles. The van der Waals surface area contributed by atoms with Gasteiger partial charge < -0.3 is 18.9 Å². The van der Waals surface area contributed by atoms with E-state index in [0.29, 0.717) is 6.61 Å². The van der Waals surface area contributed by atoms with Gasteiger partial charge in [-0.15, -0.1) is 0 Å². The lowest BCUT2D eigenvalue weighted by atomic mass is 10.1. The van der Waals surface area contributed by atoms with Gasteiger partial charge in [0.2, 0.25) is 0 Å². The summed E-state index contributed by atoms with van der Waals surface area (Å²) in [5.74, 6) is 1.89. The largest absolute Gasteiger partial charge is 0.496 e. The summed E-state index contributed by atoms with van der Waals surface area (Å²) in [5, 5.41) is 1.21. The van der Waals surface area contributed by atoms with Gasteiger partial charge in [-0.2, -0.15) is 0 Å². The zero-order chi connectivity index (χ0) is 21.6. The number of rotatable bonds is 9. The number of likely N-dealkylation sites (N-methyl/N-ethyl adjacent to an activating group) is 1. The average Bonchev–Trinajstić information content (AvgIpc) is 3.13. The molecule has 0 aliphatic rings. The third-order valence-corrected chi connectivity index (χ3v) is 5.69. The zero-order valence-electron chi connectivity index (χ0n) is 18.5. The summed E-state index contributed by atoms with van der Waals surface area (Å²) in [6, 6.07) is 24.8. The minimum atomic E-state index is 0.571. The van der Waals surface area contributed by atoms with Gasteiger partial charge in [0.05, 0.1) is 12.6 Å². The smallest absolute Gasteiger partial charge is 0.129 e. The molecule has 1 aromatic heterocycles. The summed E-state index contributed by atoms with van der Waals surface area (Å²) >= 11 is 0. The van der Waals surface area contributed by atoms with Crippen LogP contribution in [0.15, 0.2) is 79.0 Å². The molecule has 0 spiro atoms. The van der Waals surface area contributed by atoms with Crippen molar-refractivity contribution in [1.29, 1.82) is 0 Å². The molecule has 160 valence electrons. The number of nitrogens with zero attached hydrogens (tertiary/aromatic N) is 2.